The molecule has 0 aliphatic heterocycles. The Hall–Kier alpha value is -3.50. The average Bonchev–Trinajstić information content (AvgIpc) is 2.84. The molecule has 174 valence electrons. The summed E-state index contributed by atoms with van der Waals surface area (Å²) >= 11 is 3.36. The number of carbonyl (C=O) groups excluding carboxylic acids is 2. The van der Waals surface area contributed by atoms with Crippen LogP contribution in [0.5, 0.6) is 0 Å². The molecule has 0 radical (unpaired) electrons. The molecule has 0 heterocycles. The molecule has 4 aromatic carbocycles. The molecule has 0 fully saturated rings. The molecule has 0 saturated carbocycles. The quantitative estimate of drug-likeness (QED) is 0.204. The topological polar surface area (TPSA) is 43.4 Å². The zero-order valence-electron chi connectivity index (χ0n) is 19.7. The van der Waals surface area contributed by atoms with Gasteiger partial charge in [-0.05, 0) is 50.6 Å². The summed E-state index contributed by atoms with van der Waals surface area (Å²) in [7, 11) is 0. The molecule has 4 heteroatoms. The smallest absolute Gasteiger partial charge is 0.338 e. The molecule has 4 rings (SSSR count). The van der Waals surface area contributed by atoms with Crippen LogP contribution in [-0.4, -0.2) is 11.8 Å². The summed E-state index contributed by atoms with van der Waals surface area (Å²) in [6.45, 7) is 5.97. The zero-order valence-corrected chi connectivity index (χ0v) is 21.3. The molecule has 0 N–H and O–H groups in total. The van der Waals surface area contributed by atoms with Crippen LogP contribution in [0.3, 0.4) is 0 Å². The number of halogens is 1. The number of ketones is 1. The van der Waals surface area contributed by atoms with Crippen molar-refractivity contribution < 1.29 is 14.3 Å². The Balaban J connectivity index is 0.000000201. The van der Waals surface area contributed by atoms with Crippen molar-refractivity contribution in [2.45, 2.75) is 27.4 Å². The summed E-state index contributed by atoms with van der Waals surface area (Å²) in [4.78, 5) is 22.3. The summed E-state index contributed by atoms with van der Waals surface area (Å²) in [5.41, 5.74) is 4.82. The van der Waals surface area contributed by atoms with Crippen LogP contribution < -0.4 is 0 Å². The predicted octanol–water partition coefficient (Wildman–Crippen LogP) is 8.00. The minimum Gasteiger partial charge on any atom is -0.457 e. The fourth-order valence-corrected chi connectivity index (χ4v) is 3.40. The number of aryl methyl sites for hydroxylation is 2. The van der Waals surface area contributed by atoms with Gasteiger partial charge in [-0.1, -0.05) is 112 Å². The molecular weight excluding hydrogens is 488 g/mol. The van der Waals surface area contributed by atoms with Gasteiger partial charge in [0.1, 0.15) is 6.61 Å². The van der Waals surface area contributed by atoms with E-state index in [2.05, 4.69) is 35.0 Å². The third-order valence-electron chi connectivity index (χ3n) is 4.62. The molecule has 0 aliphatic rings. The van der Waals surface area contributed by atoms with E-state index >= 15 is 0 Å². The van der Waals surface area contributed by atoms with Gasteiger partial charge in [-0.3, -0.25) is 4.79 Å². The monoisotopic (exact) mass is 516 g/mol. The van der Waals surface area contributed by atoms with Crippen LogP contribution in [0.2, 0.25) is 0 Å². The zero-order chi connectivity index (χ0) is 24.8. The highest BCUT2D eigenvalue weighted by Gasteiger charge is 2.05. The Morgan fingerprint density at radius 1 is 0.676 bits per heavy atom. The van der Waals surface area contributed by atoms with Gasteiger partial charge in [0, 0.05) is 10.0 Å². The number of hydrogen-bond acceptors (Lipinski definition) is 3. The van der Waals surface area contributed by atoms with Crippen LogP contribution in [0, 0.1) is 13.8 Å². The Labute approximate surface area is 210 Å². The molecule has 0 aliphatic carbocycles. The summed E-state index contributed by atoms with van der Waals surface area (Å²) < 4.78 is 6.38. The number of benzene rings is 4. The Bertz CT molecular complexity index is 1150. The molecule has 0 saturated heterocycles. The number of carbonyl (C=O) groups is 2. The summed E-state index contributed by atoms with van der Waals surface area (Å²) in [5, 5.41) is 0. The third-order valence-corrected chi connectivity index (χ3v) is 5.12. The van der Waals surface area contributed by atoms with Crippen LogP contribution in [0.25, 0.3) is 0 Å². The first-order chi connectivity index (χ1) is 16.3. The third kappa shape index (κ3) is 10.4. The number of rotatable bonds is 4. The first kappa shape index (κ1) is 26.7. The summed E-state index contributed by atoms with van der Waals surface area (Å²) in [5.74, 6) is -0.164. The van der Waals surface area contributed by atoms with Crippen molar-refractivity contribution in [1.82, 2.24) is 0 Å². The van der Waals surface area contributed by atoms with Crippen molar-refractivity contribution in [3.63, 3.8) is 0 Å². The highest BCUT2D eigenvalue weighted by atomic mass is 79.9. The van der Waals surface area contributed by atoms with Gasteiger partial charge < -0.3 is 4.74 Å². The molecule has 0 spiro atoms. The molecule has 4 aromatic rings. The van der Waals surface area contributed by atoms with Crippen molar-refractivity contribution in [3.8, 4) is 0 Å². The highest BCUT2D eigenvalue weighted by molar-refractivity contribution is 9.10. The molecular formula is C30H29BrO3. The van der Waals surface area contributed by atoms with Gasteiger partial charge in [-0.15, -0.1) is 0 Å². The molecule has 3 nitrogen and oxygen atoms in total. The van der Waals surface area contributed by atoms with Crippen molar-refractivity contribution in [2.24, 2.45) is 0 Å². The Morgan fingerprint density at radius 3 is 1.65 bits per heavy atom. The van der Waals surface area contributed by atoms with E-state index in [1.807, 2.05) is 91.9 Å². The fraction of sp³-hybridized carbons (Fsp3) is 0.133. The maximum atomic E-state index is 11.7. The van der Waals surface area contributed by atoms with Crippen LogP contribution in [0.1, 0.15) is 44.3 Å². The van der Waals surface area contributed by atoms with Crippen LogP contribution in [-0.2, 0) is 11.3 Å². The van der Waals surface area contributed by atoms with Crippen LogP contribution in [0.4, 0.5) is 0 Å². The minimum absolute atomic E-state index is 0.121. The fourth-order valence-electron chi connectivity index (χ4n) is 2.89. The summed E-state index contributed by atoms with van der Waals surface area (Å²) in [6, 6.07) is 34.4. The van der Waals surface area contributed by atoms with Crippen molar-refractivity contribution in [2.75, 3.05) is 0 Å². The maximum absolute atomic E-state index is 11.7. The second-order valence-electron chi connectivity index (χ2n) is 7.65. The van der Waals surface area contributed by atoms with Crippen molar-refractivity contribution in [1.29, 1.82) is 0 Å². The number of esters is 1. The first-order valence-electron chi connectivity index (χ1n) is 10.9. The van der Waals surface area contributed by atoms with E-state index in [1.54, 1.807) is 19.1 Å². The molecule has 34 heavy (non-hydrogen) atoms. The van der Waals surface area contributed by atoms with Crippen LogP contribution in [0.15, 0.2) is 114 Å². The van der Waals surface area contributed by atoms with Gasteiger partial charge in [0.2, 0.25) is 0 Å². The molecule has 0 bridgehead atoms. The minimum atomic E-state index is -0.285. The Morgan fingerprint density at radius 2 is 1.21 bits per heavy atom. The number of ether oxygens (including phenoxy) is 1. The van der Waals surface area contributed by atoms with Crippen molar-refractivity contribution in [3.05, 3.63) is 141 Å². The average molecular weight is 517 g/mol. The second-order valence-corrected chi connectivity index (χ2v) is 8.57. The van der Waals surface area contributed by atoms with Gasteiger partial charge in [-0.2, -0.15) is 0 Å². The second kappa shape index (κ2) is 14.6. The van der Waals surface area contributed by atoms with E-state index < -0.39 is 0 Å². The lowest BCUT2D eigenvalue weighted by Crippen LogP contribution is -2.04. The largest absolute Gasteiger partial charge is 0.457 e. The molecule has 0 unspecified atom stereocenters. The van der Waals surface area contributed by atoms with Crippen molar-refractivity contribution >= 4 is 27.7 Å². The lowest BCUT2D eigenvalue weighted by atomic mass is 10.1. The Kier molecular flexibility index (Phi) is 11.5. The lowest BCUT2D eigenvalue weighted by molar-refractivity contribution is 0.0472. The number of hydrogen-bond donors (Lipinski definition) is 0. The van der Waals surface area contributed by atoms with E-state index in [-0.39, 0.29) is 11.8 Å². The highest BCUT2D eigenvalue weighted by Crippen LogP contribution is 2.10. The van der Waals surface area contributed by atoms with Crippen LogP contribution >= 0.6 is 15.9 Å². The SMILES string of the molecule is CC(=O)c1ccccc1.Cc1cccc(Br)c1.Cc1cccc(COC(=O)c2ccccc2)c1. The standard InChI is InChI=1S/C15H14O2.C8H8O.C7H7Br/c1-12-6-5-7-13(10-12)11-17-15(16)14-8-3-2-4-9-14;1-7(9)8-5-3-2-4-6-8;1-6-3-2-4-7(8)5-6/h2-10H,11H2,1H3;2-6H,1H3;2-5H,1H3. The van der Waals surface area contributed by atoms with E-state index in [0.29, 0.717) is 12.2 Å². The van der Waals surface area contributed by atoms with Gasteiger partial charge >= 0.3 is 5.97 Å². The lowest BCUT2D eigenvalue weighted by Gasteiger charge is -2.05. The normalized spacial score (nSPS) is 9.53. The maximum Gasteiger partial charge on any atom is 0.338 e. The van der Waals surface area contributed by atoms with E-state index in [0.717, 1.165) is 15.6 Å². The van der Waals surface area contributed by atoms with E-state index in [9.17, 15) is 9.59 Å². The summed E-state index contributed by atoms with van der Waals surface area (Å²) in [6.07, 6.45) is 0. The van der Waals surface area contributed by atoms with Gasteiger partial charge in [0.25, 0.3) is 0 Å². The van der Waals surface area contributed by atoms with E-state index in [1.165, 1.54) is 11.1 Å². The number of Topliss-reactive ketones (excluding diaryl/α,β-unsaturated/α-hetero) is 1. The molecule has 0 amide bonds. The molecule has 0 atom stereocenters. The van der Waals surface area contributed by atoms with Gasteiger partial charge in [-0.25, -0.2) is 4.79 Å². The van der Waals surface area contributed by atoms with E-state index in [4.69, 9.17) is 4.74 Å². The van der Waals surface area contributed by atoms with Gasteiger partial charge in [0.15, 0.2) is 5.78 Å². The van der Waals surface area contributed by atoms with Gasteiger partial charge in [0.05, 0.1) is 5.56 Å². The predicted molar refractivity (Wildman–Crippen MR) is 142 cm³/mol. The first-order valence-corrected chi connectivity index (χ1v) is 11.7. The molecule has 0 aromatic heterocycles.